The van der Waals surface area contributed by atoms with Crippen LogP contribution in [0.15, 0.2) is 59.1 Å². The zero-order valence-electron chi connectivity index (χ0n) is 17.2. The maximum absolute atomic E-state index is 12.3. The number of carbonyl (C=O) groups excluding carboxylic acids is 2. The number of aromatic nitrogens is 1. The topological polar surface area (TPSA) is 90.7 Å². The first-order valence-electron chi connectivity index (χ1n) is 9.61. The molecule has 7 nitrogen and oxygen atoms in total. The molecule has 0 aliphatic carbocycles. The van der Waals surface area contributed by atoms with Crippen molar-refractivity contribution in [1.29, 1.82) is 0 Å². The van der Waals surface area contributed by atoms with E-state index in [1.807, 2.05) is 44.2 Å². The lowest BCUT2D eigenvalue weighted by Gasteiger charge is -2.14. The number of esters is 1. The third kappa shape index (κ3) is 5.47. The number of nitrogens with one attached hydrogen (secondary N) is 1. The van der Waals surface area contributed by atoms with Crippen molar-refractivity contribution in [2.75, 3.05) is 0 Å². The van der Waals surface area contributed by atoms with E-state index < -0.39 is 12.1 Å². The second-order valence-electron chi connectivity index (χ2n) is 6.87. The fraction of sp³-hybridized carbons (Fsp3) is 0.261. The lowest BCUT2D eigenvalue weighted by atomic mass is 10.2. The van der Waals surface area contributed by atoms with Crippen molar-refractivity contribution in [2.45, 2.75) is 40.0 Å². The van der Waals surface area contributed by atoms with Crippen LogP contribution >= 0.6 is 0 Å². The highest BCUT2D eigenvalue weighted by Crippen LogP contribution is 2.18. The van der Waals surface area contributed by atoms with Gasteiger partial charge in [0.15, 0.2) is 6.10 Å². The number of ether oxygens (including phenoxy) is 2. The Labute approximate surface area is 175 Å². The molecule has 0 spiro atoms. The average Bonchev–Trinajstić information content (AvgIpc) is 3.08. The zero-order valence-corrected chi connectivity index (χ0v) is 17.2. The Morgan fingerprint density at radius 2 is 1.77 bits per heavy atom. The minimum absolute atomic E-state index is 0.323. The summed E-state index contributed by atoms with van der Waals surface area (Å²) in [4.78, 5) is 24.5. The summed E-state index contributed by atoms with van der Waals surface area (Å²) in [5.74, 6) is 0.383. The fourth-order valence-corrected chi connectivity index (χ4v) is 2.76. The molecule has 7 heteroatoms. The monoisotopic (exact) mass is 408 g/mol. The average molecular weight is 408 g/mol. The number of hydrogen-bond acceptors (Lipinski definition) is 6. The quantitative estimate of drug-likeness (QED) is 0.571. The molecule has 1 aromatic heterocycles. The van der Waals surface area contributed by atoms with Crippen LogP contribution in [0.1, 0.15) is 39.9 Å². The number of nitrogens with zero attached hydrogens (tertiary/aromatic N) is 1. The largest absolute Gasteiger partial charge is 0.489 e. The summed E-state index contributed by atoms with van der Waals surface area (Å²) in [6, 6.07) is 16.1. The van der Waals surface area contributed by atoms with Gasteiger partial charge >= 0.3 is 5.97 Å². The third-order valence-electron chi connectivity index (χ3n) is 4.62. The SMILES string of the molecule is Cc1noc(C)c1COc1ccc(C(=O)O[C@H](C)C(=O)NCc2ccccc2)cc1. The molecule has 0 saturated heterocycles. The van der Waals surface area contributed by atoms with E-state index in [-0.39, 0.29) is 5.91 Å². The maximum atomic E-state index is 12.3. The molecule has 0 saturated carbocycles. The van der Waals surface area contributed by atoms with E-state index in [0.29, 0.717) is 30.2 Å². The summed E-state index contributed by atoms with van der Waals surface area (Å²) in [5.41, 5.74) is 2.99. The van der Waals surface area contributed by atoms with Gasteiger partial charge in [-0.1, -0.05) is 35.5 Å². The Bertz CT molecular complexity index is 977. The van der Waals surface area contributed by atoms with E-state index in [9.17, 15) is 9.59 Å². The van der Waals surface area contributed by atoms with Crippen LogP contribution in [0.5, 0.6) is 5.75 Å². The molecule has 1 atom stereocenters. The summed E-state index contributed by atoms with van der Waals surface area (Å²) < 4.78 is 16.1. The molecule has 3 rings (SSSR count). The van der Waals surface area contributed by atoms with Crippen molar-refractivity contribution < 1.29 is 23.6 Å². The molecule has 0 radical (unpaired) electrons. The van der Waals surface area contributed by atoms with Gasteiger partial charge in [0.1, 0.15) is 18.1 Å². The van der Waals surface area contributed by atoms with Crippen molar-refractivity contribution in [3.8, 4) is 5.75 Å². The first-order chi connectivity index (χ1) is 14.4. The number of benzene rings is 2. The van der Waals surface area contributed by atoms with E-state index in [1.54, 1.807) is 31.2 Å². The van der Waals surface area contributed by atoms with Crippen LogP contribution in [0.4, 0.5) is 0 Å². The van der Waals surface area contributed by atoms with Gasteiger partial charge in [0.05, 0.1) is 16.8 Å². The Balaban J connectivity index is 1.49. The number of carbonyl (C=O) groups is 2. The molecule has 1 N–H and O–H groups in total. The minimum Gasteiger partial charge on any atom is -0.489 e. The lowest BCUT2D eigenvalue weighted by Crippen LogP contribution is -2.35. The van der Waals surface area contributed by atoms with Crippen molar-refractivity contribution >= 4 is 11.9 Å². The number of amides is 1. The zero-order chi connectivity index (χ0) is 21.5. The molecule has 30 heavy (non-hydrogen) atoms. The lowest BCUT2D eigenvalue weighted by molar-refractivity contribution is -0.129. The smallest absolute Gasteiger partial charge is 0.338 e. The van der Waals surface area contributed by atoms with Gasteiger partial charge in [-0.3, -0.25) is 4.79 Å². The summed E-state index contributed by atoms with van der Waals surface area (Å²) >= 11 is 0. The van der Waals surface area contributed by atoms with Crippen molar-refractivity contribution in [1.82, 2.24) is 10.5 Å². The minimum atomic E-state index is -0.906. The van der Waals surface area contributed by atoms with Crippen LogP contribution < -0.4 is 10.1 Å². The Morgan fingerprint density at radius 3 is 2.40 bits per heavy atom. The molecular formula is C23H24N2O5. The first-order valence-corrected chi connectivity index (χ1v) is 9.61. The summed E-state index contributed by atoms with van der Waals surface area (Å²) in [5, 5.41) is 6.64. The van der Waals surface area contributed by atoms with E-state index in [1.165, 1.54) is 0 Å². The standard InChI is InChI=1S/C23H24N2O5/c1-15-21(16(2)30-25-15)14-28-20-11-9-19(10-12-20)23(27)29-17(3)22(26)24-13-18-7-5-4-6-8-18/h4-12,17H,13-14H2,1-3H3,(H,24,26)/t17-/m1/s1. The van der Waals surface area contributed by atoms with E-state index >= 15 is 0 Å². The molecule has 156 valence electrons. The first kappa shape index (κ1) is 21.1. The van der Waals surface area contributed by atoms with Crippen molar-refractivity contribution in [3.05, 3.63) is 82.7 Å². The summed E-state index contributed by atoms with van der Waals surface area (Å²) in [6.45, 7) is 5.92. The summed E-state index contributed by atoms with van der Waals surface area (Å²) in [7, 11) is 0. The second-order valence-corrected chi connectivity index (χ2v) is 6.87. The molecule has 3 aromatic rings. The van der Waals surface area contributed by atoms with Crippen LogP contribution in [0.25, 0.3) is 0 Å². The Hall–Kier alpha value is -3.61. The van der Waals surface area contributed by atoms with Gasteiger partial charge in [-0.15, -0.1) is 0 Å². The highest BCUT2D eigenvalue weighted by molar-refractivity contribution is 5.92. The van der Waals surface area contributed by atoms with Crippen LogP contribution in [0.2, 0.25) is 0 Å². The Kier molecular flexibility index (Phi) is 6.85. The van der Waals surface area contributed by atoms with Crippen molar-refractivity contribution in [2.24, 2.45) is 0 Å². The fourth-order valence-electron chi connectivity index (χ4n) is 2.76. The van der Waals surface area contributed by atoms with Crippen molar-refractivity contribution in [3.63, 3.8) is 0 Å². The van der Waals surface area contributed by atoms with Crippen LogP contribution in [-0.2, 0) is 22.7 Å². The molecule has 0 aliphatic rings. The molecule has 1 heterocycles. The molecule has 0 unspecified atom stereocenters. The predicted octanol–water partition coefficient (Wildman–Crippen LogP) is 3.73. The number of hydrogen-bond donors (Lipinski definition) is 1. The highest BCUT2D eigenvalue weighted by Gasteiger charge is 2.19. The van der Waals surface area contributed by atoms with Gasteiger partial charge in [-0.05, 0) is 50.6 Å². The Morgan fingerprint density at radius 1 is 1.07 bits per heavy atom. The molecule has 1 amide bonds. The van der Waals surface area contributed by atoms with Crippen LogP contribution in [0, 0.1) is 13.8 Å². The van der Waals surface area contributed by atoms with Crippen LogP contribution in [-0.4, -0.2) is 23.1 Å². The molecule has 0 fully saturated rings. The molecule has 0 bridgehead atoms. The van der Waals surface area contributed by atoms with Gasteiger partial charge < -0.3 is 19.3 Å². The summed E-state index contributed by atoms with van der Waals surface area (Å²) in [6.07, 6.45) is -0.906. The maximum Gasteiger partial charge on any atom is 0.338 e. The third-order valence-corrected chi connectivity index (χ3v) is 4.62. The van der Waals surface area contributed by atoms with Gasteiger partial charge in [0, 0.05) is 6.54 Å². The van der Waals surface area contributed by atoms with E-state index in [4.69, 9.17) is 14.0 Å². The molecule has 0 aliphatic heterocycles. The van der Waals surface area contributed by atoms with Crippen LogP contribution in [0.3, 0.4) is 0 Å². The molecular weight excluding hydrogens is 384 g/mol. The van der Waals surface area contributed by atoms with Gasteiger partial charge in [-0.25, -0.2) is 4.79 Å². The van der Waals surface area contributed by atoms with Gasteiger partial charge in [0.25, 0.3) is 5.91 Å². The number of aryl methyl sites for hydroxylation is 2. The molecule has 2 aromatic carbocycles. The van der Waals surface area contributed by atoms with E-state index in [0.717, 1.165) is 16.8 Å². The van der Waals surface area contributed by atoms with Gasteiger partial charge in [0.2, 0.25) is 0 Å². The van der Waals surface area contributed by atoms with E-state index in [2.05, 4.69) is 10.5 Å². The predicted molar refractivity (Wildman–Crippen MR) is 110 cm³/mol. The second kappa shape index (κ2) is 9.73. The highest BCUT2D eigenvalue weighted by atomic mass is 16.5. The normalized spacial score (nSPS) is 11.6. The number of rotatable bonds is 8. The van der Waals surface area contributed by atoms with Gasteiger partial charge in [-0.2, -0.15) is 0 Å².